The van der Waals surface area contributed by atoms with E-state index in [1.165, 1.54) is 5.56 Å². The molecule has 0 fully saturated rings. The Hall–Kier alpha value is -2.87. The molecule has 3 rings (SSSR count). The van der Waals surface area contributed by atoms with Crippen molar-refractivity contribution in [1.29, 1.82) is 0 Å². The van der Waals surface area contributed by atoms with Crippen LogP contribution < -0.4 is 4.74 Å². The van der Waals surface area contributed by atoms with E-state index < -0.39 is 0 Å². The van der Waals surface area contributed by atoms with Gasteiger partial charge in [-0.1, -0.05) is 117 Å². The summed E-state index contributed by atoms with van der Waals surface area (Å²) in [6, 6.07) is 22.2. The molecule has 0 aromatic heterocycles. The second kappa shape index (κ2) is 8.82. The zero-order valence-electron chi connectivity index (χ0n) is 21.7. The first-order valence-electron chi connectivity index (χ1n) is 11.7. The van der Waals surface area contributed by atoms with Gasteiger partial charge < -0.3 is 4.74 Å². The van der Waals surface area contributed by atoms with Crippen LogP contribution >= 0.6 is 0 Å². The molecule has 0 unspecified atom stereocenters. The lowest BCUT2D eigenvalue weighted by atomic mass is 9.74. The van der Waals surface area contributed by atoms with E-state index in [0.717, 1.165) is 22.3 Å². The first kappa shape index (κ1) is 24.8. The summed E-state index contributed by atoms with van der Waals surface area (Å²) >= 11 is 0. The van der Waals surface area contributed by atoms with Crippen molar-refractivity contribution in [1.82, 2.24) is 0 Å². The molecule has 2 nitrogen and oxygen atoms in total. The maximum absolute atomic E-state index is 13.3. The molecule has 0 saturated heterocycles. The van der Waals surface area contributed by atoms with Crippen molar-refractivity contribution in [3.63, 3.8) is 0 Å². The van der Waals surface area contributed by atoms with Crippen molar-refractivity contribution in [2.75, 3.05) is 0 Å². The molecule has 0 spiro atoms. The topological polar surface area (TPSA) is 26.3 Å². The lowest BCUT2D eigenvalue weighted by Gasteiger charge is -2.32. The van der Waals surface area contributed by atoms with Crippen molar-refractivity contribution < 1.29 is 9.53 Å². The lowest BCUT2D eigenvalue weighted by Crippen LogP contribution is -2.24. The zero-order chi connectivity index (χ0) is 24.6. The van der Waals surface area contributed by atoms with Crippen molar-refractivity contribution in [2.45, 2.75) is 78.6 Å². The first-order valence-corrected chi connectivity index (χ1v) is 11.7. The van der Waals surface area contributed by atoms with Gasteiger partial charge in [-0.15, -0.1) is 0 Å². The van der Waals surface area contributed by atoms with E-state index in [-0.39, 0.29) is 22.2 Å². The van der Waals surface area contributed by atoms with Crippen molar-refractivity contribution >= 4 is 5.97 Å². The SMILES string of the molecule is CC(C)(C)c1cc(C(C)(C)C)c(OC(=O)c2ccc(-c3ccccc3)cc2)c(C(C)(C)C)c1. The molecule has 3 aromatic carbocycles. The number of hydrogen-bond donors (Lipinski definition) is 0. The highest BCUT2D eigenvalue weighted by atomic mass is 16.5. The number of hydrogen-bond acceptors (Lipinski definition) is 2. The van der Waals surface area contributed by atoms with Gasteiger partial charge in [-0.2, -0.15) is 0 Å². The van der Waals surface area contributed by atoms with Gasteiger partial charge in [-0.05, 0) is 45.1 Å². The van der Waals surface area contributed by atoms with Gasteiger partial charge in [-0.25, -0.2) is 4.79 Å². The number of esters is 1. The Morgan fingerprint density at radius 3 is 1.48 bits per heavy atom. The number of carbonyl (C=O) groups is 1. The van der Waals surface area contributed by atoms with E-state index in [4.69, 9.17) is 4.74 Å². The third-order valence-electron chi connectivity index (χ3n) is 5.99. The summed E-state index contributed by atoms with van der Waals surface area (Å²) in [7, 11) is 0. The number of benzene rings is 3. The van der Waals surface area contributed by atoms with Crippen molar-refractivity contribution in [3.05, 3.63) is 89.0 Å². The molecule has 0 amide bonds. The Balaban J connectivity index is 2.05. The maximum atomic E-state index is 13.3. The Labute approximate surface area is 200 Å². The monoisotopic (exact) mass is 442 g/mol. The van der Waals surface area contributed by atoms with Gasteiger partial charge in [0.1, 0.15) is 5.75 Å². The molecular weight excluding hydrogens is 404 g/mol. The second-order valence-corrected chi connectivity index (χ2v) is 12.0. The molecule has 0 radical (unpaired) electrons. The van der Waals surface area contributed by atoms with E-state index >= 15 is 0 Å². The van der Waals surface area contributed by atoms with Crippen LogP contribution in [-0.2, 0) is 16.2 Å². The van der Waals surface area contributed by atoms with Gasteiger partial charge in [0.2, 0.25) is 0 Å². The normalized spacial score (nSPS) is 12.5. The average Bonchev–Trinajstić information content (AvgIpc) is 2.72. The smallest absolute Gasteiger partial charge is 0.343 e. The fourth-order valence-corrected chi connectivity index (χ4v) is 3.87. The van der Waals surface area contributed by atoms with E-state index in [1.807, 2.05) is 42.5 Å². The Morgan fingerprint density at radius 1 is 0.606 bits per heavy atom. The number of ether oxygens (including phenoxy) is 1. The minimum absolute atomic E-state index is 0.00416. The van der Waals surface area contributed by atoms with Gasteiger partial charge in [0.25, 0.3) is 0 Å². The lowest BCUT2D eigenvalue weighted by molar-refractivity contribution is 0.0728. The molecule has 0 aliphatic carbocycles. The van der Waals surface area contributed by atoms with Gasteiger partial charge in [0.15, 0.2) is 0 Å². The van der Waals surface area contributed by atoms with Crippen LogP contribution in [-0.4, -0.2) is 5.97 Å². The van der Waals surface area contributed by atoms with Gasteiger partial charge in [0, 0.05) is 11.1 Å². The van der Waals surface area contributed by atoms with Crippen LogP contribution in [0.3, 0.4) is 0 Å². The molecule has 0 bridgehead atoms. The Kier molecular flexibility index (Phi) is 6.62. The van der Waals surface area contributed by atoms with E-state index in [1.54, 1.807) is 0 Å². The fourth-order valence-electron chi connectivity index (χ4n) is 3.87. The molecule has 0 heterocycles. The quantitative estimate of drug-likeness (QED) is 0.300. The summed E-state index contributed by atoms with van der Waals surface area (Å²) in [5.74, 6) is 0.370. The van der Waals surface area contributed by atoms with E-state index in [9.17, 15) is 4.79 Å². The molecule has 0 aliphatic heterocycles. The molecule has 33 heavy (non-hydrogen) atoms. The van der Waals surface area contributed by atoms with Crippen LogP contribution in [0.5, 0.6) is 5.75 Å². The van der Waals surface area contributed by atoms with Crippen LogP contribution in [0.1, 0.15) is 89.4 Å². The van der Waals surface area contributed by atoms with Crippen LogP contribution in [0, 0.1) is 0 Å². The Morgan fingerprint density at radius 2 is 1.06 bits per heavy atom. The molecule has 0 N–H and O–H groups in total. The minimum atomic E-state index is -0.325. The highest BCUT2D eigenvalue weighted by Crippen LogP contribution is 2.43. The summed E-state index contributed by atoms with van der Waals surface area (Å²) in [5.41, 5.74) is 5.78. The van der Waals surface area contributed by atoms with Gasteiger partial charge in [-0.3, -0.25) is 0 Å². The van der Waals surface area contributed by atoms with Gasteiger partial charge >= 0.3 is 5.97 Å². The summed E-state index contributed by atoms with van der Waals surface area (Å²) < 4.78 is 6.19. The van der Waals surface area contributed by atoms with E-state index in [0.29, 0.717) is 11.3 Å². The third kappa shape index (κ3) is 5.74. The van der Waals surface area contributed by atoms with Crippen molar-refractivity contribution in [2.24, 2.45) is 0 Å². The van der Waals surface area contributed by atoms with Crippen molar-refractivity contribution in [3.8, 4) is 16.9 Å². The third-order valence-corrected chi connectivity index (χ3v) is 5.99. The first-order chi connectivity index (χ1) is 15.2. The Bertz CT molecular complexity index is 1080. The summed E-state index contributed by atoms with van der Waals surface area (Å²) in [6.45, 7) is 19.7. The molecule has 2 heteroatoms. The summed E-state index contributed by atoms with van der Waals surface area (Å²) in [4.78, 5) is 13.3. The molecular formula is C31H38O2. The standard InChI is InChI=1S/C31H38O2/c1-29(2,3)24-19-25(30(4,5)6)27(26(20-24)31(7,8)9)33-28(32)23-17-15-22(16-18-23)21-13-11-10-12-14-21/h10-20H,1-9H3. The zero-order valence-corrected chi connectivity index (χ0v) is 21.7. The predicted octanol–water partition coefficient (Wildman–Crippen LogP) is 8.47. The molecule has 0 aliphatic rings. The summed E-state index contributed by atoms with van der Waals surface area (Å²) in [5, 5.41) is 0. The van der Waals surface area contributed by atoms with Gasteiger partial charge in [0.05, 0.1) is 5.56 Å². The highest BCUT2D eigenvalue weighted by Gasteiger charge is 2.31. The largest absolute Gasteiger partial charge is 0.422 e. The van der Waals surface area contributed by atoms with Crippen LogP contribution in [0.25, 0.3) is 11.1 Å². The molecule has 174 valence electrons. The molecule has 3 aromatic rings. The molecule has 0 atom stereocenters. The average molecular weight is 443 g/mol. The summed E-state index contributed by atoms with van der Waals surface area (Å²) in [6.07, 6.45) is 0. The highest BCUT2D eigenvalue weighted by molar-refractivity contribution is 5.92. The maximum Gasteiger partial charge on any atom is 0.343 e. The van der Waals surface area contributed by atoms with Crippen LogP contribution in [0.15, 0.2) is 66.7 Å². The number of carbonyl (C=O) groups excluding carboxylic acids is 1. The predicted molar refractivity (Wildman–Crippen MR) is 139 cm³/mol. The van der Waals surface area contributed by atoms with Crippen LogP contribution in [0.4, 0.5) is 0 Å². The fraction of sp³-hybridized carbons (Fsp3) is 0.387. The van der Waals surface area contributed by atoms with E-state index in [2.05, 4.69) is 86.6 Å². The number of rotatable bonds is 3. The van der Waals surface area contributed by atoms with Crippen LogP contribution in [0.2, 0.25) is 0 Å². The second-order valence-electron chi connectivity index (χ2n) is 12.0. The minimum Gasteiger partial charge on any atom is -0.422 e. The molecule has 0 saturated carbocycles.